The summed E-state index contributed by atoms with van der Waals surface area (Å²) >= 11 is 5.64. The Balaban J connectivity index is 0.00000181. The summed E-state index contributed by atoms with van der Waals surface area (Å²) in [6, 6.07) is 2.03. The maximum Gasteiger partial charge on any atom is 0.164 e. The molecule has 0 radical (unpaired) electrons. The number of nitrogens with one attached hydrogen (secondary N) is 1. The van der Waals surface area contributed by atoms with E-state index in [9.17, 15) is 17.2 Å². The zero-order valence-corrected chi connectivity index (χ0v) is 20.1. The van der Waals surface area contributed by atoms with Crippen LogP contribution < -0.4 is 10.2 Å². The summed E-state index contributed by atoms with van der Waals surface area (Å²) in [5.41, 5.74) is 0.686. The van der Waals surface area contributed by atoms with Crippen LogP contribution in [0, 0.1) is 11.6 Å². The number of hydrogen-bond acceptors (Lipinski definition) is 7. The highest BCUT2D eigenvalue weighted by Crippen LogP contribution is 2.35. The van der Waals surface area contributed by atoms with Crippen molar-refractivity contribution in [2.45, 2.75) is 30.4 Å². The minimum atomic E-state index is -3.37. The SMILES string of the molecule is Cl.Cl.O=S1(=O)Cc2nc(-c3cc(F)c(Cl)cc3F)nc(N3CCC(NCCO)CC3)c2C1. The standard InChI is InChI=1S/C19H21ClF2N4O3S.2ClH/c20-14-8-15(21)12(7-16(14)22)18-24-17-10-30(28,29)9-13(17)19(25-18)26-4-1-11(2-5-26)23-3-6-27;;/h7-8,11,23,27H,1-6,9-10H2;2*1H. The van der Waals surface area contributed by atoms with Gasteiger partial charge in [0.1, 0.15) is 17.5 Å². The summed E-state index contributed by atoms with van der Waals surface area (Å²) in [6.07, 6.45) is 1.57. The molecule has 2 N–H and O–H groups in total. The van der Waals surface area contributed by atoms with E-state index in [4.69, 9.17) is 16.7 Å². The lowest BCUT2D eigenvalue weighted by molar-refractivity contribution is 0.277. The summed E-state index contributed by atoms with van der Waals surface area (Å²) in [7, 11) is -3.37. The van der Waals surface area contributed by atoms with Crippen LogP contribution in [0.1, 0.15) is 24.1 Å². The summed E-state index contributed by atoms with van der Waals surface area (Å²) in [6.45, 7) is 1.80. The zero-order chi connectivity index (χ0) is 21.5. The van der Waals surface area contributed by atoms with E-state index in [0.29, 0.717) is 36.7 Å². The monoisotopic (exact) mass is 530 g/mol. The van der Waals surface area contributed by atoms with Crippen LogP contribution >= 0.6 is 36.4 Å². The first kappa shape index (κ1) is 26.9. The molecule has 0 unspecified atom stereocenters. The molecular weight excluding hydrogens is 509 g/mol. The molecule has 178 valence electrons. The van der Waals surface area contributed by atoms with Crippen LogP contribution in [-0.2, 0) is 21.3 Å². The number of nitrogens with zero attached hydrogens (tertiary/aromatic N) is 3. The summed E-state index contributed by atoms with van der Waals surface area (Å²) < 4.78 is 52.9. The van der Waals surface area contributed by atoms with Gasteiger partial charge < -0.3 is 15.3 Å². The van der Waals surface area contributed by atoms with Crippen LogP contribution in [0.15, 0.2) is 12.1 Å². The smallest absolute Gasteiger partial charge is 0.164 e. The molecule has 0 atom stereocenters. The average molecular weight is 532 g/mol. The molecule has 1 aromatic heterocycles. The van der Waals surface area contributed by atoms with Gasteiger partial charge in [0.25, 0.3) is 0 Å². The second-order valence-corrected chi connectivity index (χ2v) is 9.99. The Hall–Kier alpha value is -1.30. The third-order valence-electron chi connectivity index (χ3n) is 5.38. The van der Waals surface area contributed by atoms with Crippen molar-refractivity contribution in [3.63, 3.8) is 0 Å². The predicted octanol–water partition coefficient (Wildman–Crippen LogP) is 2.90. The number of benzene rings is 1. The van der Waals surface area contributed by atoms with E-state index in [2.05, 4.69) is 15.3 Å². The number of rotatable bonds is 5. The van der Waals surface area contributed by atoms with Gasteiger partial charge in [-0.2, -0.15) is 0 Å². The quantitative estimate of drug-likeness (QED) is 0.573. The Kier molecular flexibility index (Phi) is 9.05. The molecule has 32 heavy (non-hydrogen) atoms. The Bertz CT molecular complexity index is 1080. The van der Waals surface area contributed by atoms with Crippen LogP contribution in [0.5, 0.6) is 0 Å². The lowest BCUT2D eigenvalue weighted by atomic mass is 10.0. The van der Waals surface area contributed by atoms with Crippen molar-refractivity contribution in [2.75, 3.05) is 31.1 Å². The van der Waals surface area contributed by atoms with Gasteiger partial charge in [0, 0.05) is 31.2 Å². The lowest BCUT2D eigenvalue weighted by Crippen LogP contribution is -2.44. The average Bonchev–Trinajstić information content (AvgIpc) is 3.02. The fourth-order valence-electron chi connectivity index (χ4n) is 3.90. The number of halogens is 5. The van der Waals surface area contributed by atoms with Crippen LogP contribution in [0.2, 0.25) is 5.02 Å². The molecular formula is C19H23Cl3F2N4O3S. The number of piperidine rings is 1. The molecule has 0 aliphatic carbocycles. The van der Waals surface area contributed by atoms with E-state index in [1.54, 1.807) is 0 Å². The van der Waals surface area contributed by atoms with E-state index in [1.165, 1.54) is 0 Å². The van der Waals surface area contributed by atoms with Crippen LogP contribution in [0.4, 0.5) is 14.6 Å². The van der Waals surface area contributed by atoms with E-state index < -0.39 is 21.5 Å². The largest absolute Gasteiger partial charge is 0.395 e. The summed E-state index contributed by atoms with van der Waals surface area (Å²) in [5, 5.41) is 11.9. The highest BCUT2D eigenvalue weighted by Gasteiger charge is 2.33. The van der Waals surface area contributed by atoms with Gasteiger partial charge in [-0.1, -0.05) is 11.6 Å². The molecule has 2 aliphatic heterocycles. The molecule has 4 rings (SSSR count). The van der Waals surface area contributed by atoms with Crippen LogP contribution in [0.25, 0.3) is 11.4 Å². The van der Waals surface area contributed by atoms with Gasteiger partial charge in [-0.15, -0.1) is 24.8 Å². The second-order valence-electron chi connectivity index (χ2n) is 7.51. The molecule has 13 heteroatoms. The van der Waals surface area contributed by atoms with E-state index in [-0.39, 0.29) is 65.4 Å². The molecule has 0 bridgehead atoms. The zero-order valence-electron chi connectivity index (χ0n) is 16.9. The van der Waals surface area contributed by atoms with Crippen molar-refractivity contribution < 1.29 is 22.3 Å². The van der Waals surface area contributed by atoms with Gasteiger partial charge in [-0.05, 0) is 25.0 Å². The number of hydrogen-bond donors (Lipinski definition) is 2. The van der Waals surface area contributed by atoms with E-state index in [1.807, 2.05) is 4.90 Å². The number of anilines is 1. The lowest BCUT2D eigenvalue weighted by Gasteiger charge is -2.34. The minimum Gasteiger partial charge on any atom is -0.395 e. The van der Waals surface area contributed by atoms with Crippen molar-refractivity contribution >= 4 is 52.1 Å². The topological polar surface area (TPSA) is 95.4 Å². The molecule has 2 aromatic rings. The first-order chi connectivity index (χ1) is 14.3. The Morgan fingerprint density at radius 3 is 2.47 bits per heavy atom. The number of aliphatic hydroxyl groups excluding tert-OH is 1. The third kappa shape index (κ3) is 5.60. The number of fused-ring (bicyclic) bond motifs is 1. The Labute approximate surface area is 202 Å². The number of aliphatic hydroxyl groups is 1. The van der Waals surface area contributed by atoms with Crippen molar-refractivity contribution in [1.29, 1.82) is 0 Å². The van der Waals surface area contributed by atoms with Crippen molar-refractivity contribution in [1.82, 2.24) is 15.3 Å². The van der Waals surface area contributed by atoms with Crippen LogP contribution in [-0.4, -0.2) is 55.8 Å². The normalized spacial score (nSPS) is 17.4. The van der Waals surface area contributed by atoms with Gasteiger partial charge in [0.2, 0.25) is 0 Å². The molecule has 0 spiro atoms. The van der Waals surface area contributed by atoms with Crippen molar-refractivity contribution in [3.05, 3.63) is 40.0 Å². The molecule has 1 aromatic carbocycles. The van der Waals surface area contributed by atoms with Gasteiger partial charge in [0.15, 0.2) is 15.7 Å². The summed E-state index contributed by atoms with van der Waals surface area (Å²) in [4.78, 5) is 10.7. The molecule has 7 nitrogen and oxygen atoms in total. The van der Waals surface area contributed by atoms with Gasteiger partial charge in [-0.25, -0.2) is 27.2 Å². The Morgan fingerprint density at radius 1 is 1.12 bits per heavy atom. The molecule has 2 aliphatic rings. The predicted molar refractivity (Wildman–Crippen MR) is 124 cm³/mol. The van der Waals surface area contributed by atoms with E-state index >= 15 is 0 Å². The van der Waals surface area contributed by atoms with Gasteiger partial charge in [0.05, 0.1) is 34.4 Å². The fraction of sp³-hybridized carbons (Fsp3) is 0.474. The molecule has 0 amide bonds. The molecule has 1 fully saturated rings. The second kappa shape index (κ2) is 10.8. The molecule has 1 saturated heterocycles. The Morgan fingerprint density at radius 2 is 1.81 bits per heavy atom. The summed E-state index contributed by atoms with van der Waals surface area (Å²) in [5.74, 6) is -1.61. The number of sulfone groups is 1. The first-order valence-corrected chi connectivity index (χ1v) is 11.8. The maximum atomic E-state index is 14.5. The highest BCUT2D eigenvalue weighted by atomic mass is 35.5. The maximum absolute atomic E-state index is 14.5. The van der Waals surface area contributed by atoms with Gasteiger partial charge >= 0.3 is 0 Å². The van der Waals surface area contributed by atoms with Crippen molar-refractivity contribution in [3.8, 4) is 11.4 Å². The highest BCUT2D eigenvalue weighted by molar-refractivity contribution is 7.90. The van der Waals surface area contributed by atoms with Crippen molar-refractivity contribution in [2.24, 2.45) is 0 Å². The molecule has 3 heterocycles. The molecule has 0 saturated carbocycles. The van der Waals surface area contributed by atoms with Gasteiger partial charge in [-0.3, -0.25) is 0 Å². The number of aromatic nitrogens is 2. The van der Waals surface area contributed by atoms with E-state index in [0.717, 1.165) is 25.0 Å². The first-order valence-electron chi connectivity index (χ1n) is 9.61. The minimum absolute atomic E-state index is 0. The third-order valence-corrected chi connectivity index (χ3v) is 7.11. The fourth-order valence-corrected chi connectivity index (χ4v) is 5.55. The van der Waals surface area contributed by atoms with Crippen LogP contribution in [0.3, 0.4) is 0 Å².